The SMILES string of the molecule is CCOc1ccccc1/C=C/C(=O)c1cc(Cl)cc(Br)c1O. The molecule has 0 radical (unpaired) electrons. The van der Waals surface area contributed by atoms with Crippen LogP contribution in [0.1, 0.15) is 22.8 Å². The van der Waals surface area contributed by atoms with E-state index in [1.807, 2.05) is 31.2 Å². The zero-order chi connectivity index (χ0) is 16.1. The van der Waals surface area contributed by atoms with Gasteiger partial charge in [-0.3, -0.25) is 4.79 Å². The average molecular weight is 382 g/mol. The maximum absolute atomic E-state index is 12.2. The molecule has 0 atom stereocenters. The molecule has 0 aliphatic rings. The number of para-hydroxylation sites is 1. The van der Waals surface area contributed by atoms with Gasteiger partial charge in [-0.1, -0.05) is 29.8 Å². The van der Waals surface area contributed by atoms with Gasteiger partial charge in [0, 0.05) is 10.6 Å². The van der Waals surface area contributed by atoms with Gasteiger partial charge in [0.25, 0.3) is 0 Å². The standard InChI is InChI=1S/C17H14BrClO3/c1-2-22-16-6-4-3-5-11(16)7-8-15(20)13-9-12(19)10-14(18)17(13)21/h3-10,21H,2H2,1H3/b8-7+. The number of rotatable bonds is 5. The molecule has 2 aromatic rings. The summed E-state index contributed by atoms with van der Waals surface area (Å²) in [6, 6.07) is 10.4. The van der Waals surface area contributed by atoms with Crippen LogP contribution in [0.25, 0.3) is 6.08 Å². The van der Waals surface area contributed by atoms with Crippen LogP contribution in [-0.4, -0.2) is 17.5 Å². The molecule has 3 nitrogen and oxygen atoms in total. The minimum Gasteiger partial charge on any atom is -0.506 e. The molecule has 0 saturated heterocycles. The molecule has 0 aromatic heterocycles. The first kappa shape index (κ1) is 16.6. The fraction of sp³-hybridized carbons (Fsp3) is 0.118. The van der Waals surface area contributed by atoms with Gasteiger partial charge in [0.1, 0.15) is 11.5 Å². The van der Waals surface area contributed by atoms with Gasteiger partial charge < -0.3 is 9.84 Å². The highest BCUT2D eigenvalue weighted by Crippen LogP contribution is 2.32. The van der Waals surface area contributed by atoms with Crippen LogP contribution in [0.5, 0.6) is 11.5 Å². The lowest BCUT2D eigenvalue weighted by atomic mass is 10.1. The van der Waals surface area contributed by atoms with Crippen LogP contribution in [0.2, 0.25) is 5.02 Å². The quantitative estimate of drug-likeness (QED) is 0.579. The summed E-state index contributed by atoms with van der Waals surface area (Å²) in [6.07, 6.45) is 3.04. The second-order valence-electron chi connectivity index (χ2n) is 4.45. The number of allylic oxidation sites excluding steroid dienone is 1. The van der Waals surface area contributed by atoms with Crippen molar-refractivity contribution in [1.82, 2.24) is 0 Å². The maximum atomic E-state index is 12.2. The van der Waals surface area contributed by atoms with Gasteiger partial charge in [-0.2, -0.15) is 0 Å². The smallest absolute Gasteiger partial charge is 0.189 e. The molecular weight excluding hydrogens is 368 g/mol. The Kier molecular flexibility index (Phi) is 5.63. The van der Waals surface area contributed by atoms with Gasteiger partial charge in [0.05, 0.1) is 16.6 Å². The highest BCUT2D eigenvalue weighted by Gasteiger charge is 2.13. The van der Waals surface area contributed by atoms with E-state index in [-0.39, 0.29) is 17.1 Å². The number of halogens is 2. The lowest BCUT2D eigenvalue weighted by molar-refractivity contribution is 0.104. The fourth-order valence-electron chi connectivity index (χ4n) is 1.91. The Labute approximate surface area is 142 Å². The van der Waals surface area contributed by atoms with Gasteiger partial charge in [-0.05, 0) is 53.2 Å². The molecule has 0 bridgehead atoms. The van der Waals surface area contributed by atoms with Crippen molar-refractivity contribution in [3.8, 4) is 11.5 Å². The molecule has 0 heterocycles. The lowest BCUT2D eigenvalue weighted by Gasteiger charge is -2.06. The molecule has 1 N–H and O–H groups in total. The number of benzene rings is 2. The van der Waals surface area contributed by atoms with Gasteiger partial charge in [0.15, 0.2) is 5.78 Å². The average Bonchev–Trinajstić information content (AvgIpc) is 2.50. The summed E-state index contributed by atoms with van der Waals surface area (Å²) in [7, 11) is 0. The topological polar surface area (TPSA) is 46.5 Å². The van der Waals surface area contributed by atoms with E-state index in [2.05, 4.69) is 15.9 Å². The van der Waals surface area contributed by atoms with Gasteiger partial charge in [0.2, 0.25) is 0 Å². The Morgan fingerprint density at radius 1 is 1.36 bits per heavy atom. The first-order chi connectivity index (χ1) is 10.5. The second-order valence-corrected chi connectivity index (χ2v) is 5.74. The molecule has 0 fully saturated rings. The molecule has 5 heteroatoms. The lowest BCUT2D eigenvalue weighted by Crippen LogP contribution is -1.97. The van der Waals surface area contributed by atoms with Crippen LogP contribution in [0.3, 0.4) is 0 Å². The number of hydrogen-bond donors (Lipinski definition) is 1. The highest BCUT2D eigenvalue weighted by molar-refractivity contribution is 9.10. The van der Waals surface area contributed by atoms with E-state index in [4.69, 9.17) is 16.3 Å². The van der Waals surface area contributed by atoms with Crippen LogP contribution in [0.15, 0.2) is 46.9 Å². The zero-order valence-corrected chi connectivity index (χ0v) is 14.2. The molecule has 2 rings (SSSR count). The van der Waals surface area contributed by atoms with Crippen molar-refractivity contribution < 1.29 is 14.6 Å². The minimum atomic E-state index is -0.341. The van der Waals surface area contributed by atoms with E-state index in [9.17, 15) is 9.90 Å². The third kappa shape index (κ3) is 3.90. The molecule has 0 saturated carbocycles. The van der Waals surface area contributed by atoms with E-state index in [1.165, 1.54) is 18.2 Å². The number of ether oxygens (including phenoxy) is 1. The van der Waals surface area contributed by atoms with Gasteiger partial charge in [-0.25, -0.2) is 0 Å². The van der Waals surface area contributed by atoms with E-state index >= 15 is 0 Å². The van der Waals surface area contributed by atoms with Crippen LogP contribution >= 0.6 is 27.5 Å². The van der Waals surface area contributed by atoms with Crippen molar-refractivity contribution in [1.29, 1.82) is 0 Å². The van der Waals surface area contributed by atoms with E-state index in [0.29, 0.717) is 21.9 Å². The summed E-state index contributed by atoms with van der Waals surface area (Å²) in [4.78, 5) is 12.2. The maximum Gasteiger partial charge on any atom is 0.189 e. The Bertz CT molecular complexity index is 726. The first-order valence-corrected chi connectivity index (χ1v) is 7.82. The van der Waals surface area contributed by atoms with E-state index < -0.39 is 0 Å². The molecular formula is C17H14BrClO3. The Balaban J connectivity index is 2.29. The van der Waals surface area contributed by atoms with E-state index in [1.54, 1.807) is 6.08 Å². The number of ketones is 1. The Morgan fingerprint density at radius 3 is 2.82 bits per heavy atom. The van der Waals surface area contributed by atoms with Crippen molar-refractivity contribution in [2.75, 3.05) is 6.61 Å². The largest absolute Gasteiger partial charge is 0.506 e. The van der Waals surface area contributed by atoms with Gasteiger partial charge in [-0.15, -0.1) is 0 Å². The molecule has 0 unspecified atom stereocenters. The molecule has 0 aliphatic carbocycles. The number of phenols is 1. The summed E-state index contributed by atoms with van der Waals surface area (Å²) in [5, 5.41) is 10.3. The van der Waals surface area contributed by atoms with Crippen molar-refractivity contribution in [3.05, 3.63) is 63.1 Å². The minimum absolute atomic E-state index is 0.128. The number of carbonyl (C=O) groups excluding carboxylic acids is 1. The third-order valence-electron chi connectivity index (χ3n) is 2.93. The van der Waals surface area contributed by atoms with Crippen molar-refractivity contribution in [3.63, 3.8) is 0 Å². The predicted octanol–water partition coefficient (Wildman–Crippen LogP) is 5.10. The molecule has 114 valence electrons. The molecule has 0 aliphatic heterocycles. The normalized spacial score (nSPS) is 10.9. The summed E-state index contributed by atoms with van der Waals surface area (Å²) in [5.74, 6) is 0.231. The summed E-state index contributed by atoms with van der Waals surface area (Å²) >= 11 is 9.07. The Hall–Kier alpha value is -1.78. The number of phenolic OH excluding ortho intramolecular Hbond substituents is 1. The summed E-state index contributed by atoms with van der Waals surface area (Å²) in [6.45, 7) is 2.44. The number of hydrogen-bond acceptors (Lipinski definition) is 3. The van der Waals surface area contributed by atoms with Crippen molar-refractivity contribution >= 4 is 39.4 Å². The van der Waals surface area contributed by atoms with Crippen LogP contribution in [0.4, 0.5) is 0 Å². The van der Waals surface area contributed by atoms with Crippen LogP contribution in [0, 0.1) is 0 Å². The summed E-state index contributed by atoms with van der Waals surface area (Å²) < 4.78 is 5.88. The van der Waals surface area contributed by atoms with Crippen LogP contribution in [-0.2, 0) is 0 Å². The number of aromatic hydroxyl groups is 1. The third-order valence-corrected chi connectivity index (χ3v) is 3.75. The Morgan fingerprint density at radius 2 is 2.09 bits per heavy atom. The second kappa shape index (κ2) is 7.47. The summed E-state index contributed by atoms with van der Waals surface area (Å²) in [5.41, 5.74) is 0.933. The van der Waals surface area contributed by atoms with E-state index in [0.717, 1.165) is 5.56 Å². The molecule has 0 spiro atoms. The number of carbonyl (C=O) groups is 1. The van der Waals surface area contributed by atoms with Crippen molar-refractivity contribution in [2.45, 2.75) is 6.92 Å². The van der Waals surface area contributed by atoms with Crippen molar-refractivity contribution in [2.24, 2.45) is 0 Å². The molecule has 0 amide bonds. The first-order valence-electron chi connectivity index (χ1n) is 6.65. The predicted molar refractivity (Wildman–Crippen MR) is 91.8 cm³/mol. The fourth-order valence-corrected chi connectivity index (χ4v) is 2.72. The van der Waals surface area contributed by atoms with Gasteiger partial charge >= 0.3 is 0 Å². The monoisotopic (exact) mass is 380 g/mol. The van der Waals surface area contributed by atoms with Crippen LogP contribution < -0.4 is 4.74 Å². The molecule has 2 aromatic carbocycles. The highest BCUT2D eigenvalue weighted by atomic mass is 79.9. The zero-order valence-electron chi connectivity index (χ0n) is 11.8. The molecule has 22 heavy (non-hydrogen) atoms.